The van der Waals surface area contributed by atoms with Gasteiger partial charge in [0.2, 0.25) is 0 Å². The van der Waals surface area contributed by atoms with Gasteiger partial charge >= 0.3 is 5.97 Å². The zero-order chi connectivity index (χ0) is 14.0. The zero-order valence-corrected chi connectivity index (χ0v) is 11.2. The van der Waals surface area contributed by atoms with Gasteiger partial charge < -0.3 is 5.11 Å². The molecule has 2 nitrogen and oxygen atoms in total. The first-order valence-corrected chi connectivity index (χ1v) is 6.18. The number of rotatable bonds is 3. The number of halogens is 3. The highest BCUT2D eigenvalue weighted by Gasteiger charge is 2.33. The van der Waals surface area contributed by atoms with Crippen LogP contribution in [0.4, 0.5) is 8.78 Å². The lowest BCUT2D eigenvalue weighted by Gasteiger charge is -2.17. The highest BCUT2D eigenvalue weighted by Crippen LogP contribution is 2.36. The predicted molar refractivity (Wildman–Crippen MR) is 70.5 cm³/mol. The van der Waals surface area contributed by atoms with E-state index in [4.69, 9.17) is 5.11 Å². The summed E-state index contributed by atoms with van der Waals surface area (Å²) in [6.07, 6.45) is 0. The molecule has 0 fully saturated rings. The Labute approximate surface area is 116 Å². The Bertz CT molecular complexity index is 592. The first kappa shape index (κ1) is 13.7. The molecule has 2 rings (SSSR count). The molecule has 0 aliphatic carbocycles. The molecule has 0 heterocycles. The molecule has 0 atom stereocenters. The Kier molecular flexibility index (Phi) is 3.66. The third-order valence-corrected chi connectivity index (χ3v) is 3.23. The summed E-state index contributed by atoms with van der Waals surface area (Å²) < 4.78 is 29.1. The second-order valence-electron chi connectivity index (χ2n) is 3.96. The fourth-order valence-electron chi connectivity index (χ4n) is 1.65. The molecule has 0 aromatic heterocycles. The van der Waals surface area contributed by atoms with Crippen LogP contribution in [0.5, 0.6) is 0 Å². The van der Waals surface area contributed by atoms with E-state index in [2.05, 4.69) is 15.9 Å². The molecule has 98 valence electrons. The molecule has 0 unspecified atom stereocenters. The molecule has 0 bridgehead atoms. The van der Waals surface area contributed by atoms with Crippen LogP contribution >= 0.6 is 15.9 Å². The Balaban J connectivity index is 2.38. The Hall–Kier alpha value is -1.75. The first-order valence-electron chi connectivity index (χ1n) is 5.39. The van der Waals surface area contributed by atoms with Crippen molar-refractivity contribution in [2.75, 3.05) is 0 Å². The van der Waals surface area contributed by atoms with Gasteiger partial charge in [-0.3, -0.25) is 0 Å². The maximum atomic E-state index is 14.2. The van der Waals surface area contributed by atoms with E-state index >= 15 is 0 Å². The molecular formula is C14H9BrF2O2. The number of hydrogen-bond donors (Lipinski definition) is 1. The summed E-state index contributed by atoms with van der Waals surface area (Å²) >= 11 is 3.18. The standard InChI is InChI=1S/C14H9BrF2O2/c15-12-7-5-11(6-8-12)14(16,17)10-3-1-9(2-4-10)13(18)19/h1-8H,(H,18,19). The van der Waals surface area contributed by atoms with Gasteiger partial charge in [-0.25, -0.2) is 4.79 Å². The van der Waals surface area contributed by atoms with Gasteiger partial charge in [0.05, 0.1) is 5.56 Å². The number of carboxylic acids is 1. The molecular weight excluding hydrogens is 318 g/mol. The van der Waals surface area contributed by atoms with E-state index in [1.807, 2.05) is 0 Å². The van der Waals surface area contributed by atoms with Crippen LogP contribution in [0.2, 0.25) is 0 Å². The minimum atomic E-state index is -3.16. The number of aromatic carboxylic acids is 1. The van der Waals surface area contributed by atoms with Crippen LogP contribution in [0.15, 0.2) is 53.0 Å². The molecule has 0 aliphatic rings. The molecule has 0 radical (unpaired) electrons. The van der Waals surface area contributed by atoms with Gasteiger partial charge in [-0.05, 0) is 24.3 Å². The van der Waals surface area contributed by atoms with Crippen molar-refractivity contribution in [3.05, 3.63) is 69.7 Å². The van der Waals surface area contributed by atoms with Gasteiger partial charge in [0.15, 0.2) is 0 Å². The Morgan fingerprint density at radius 3 is 1.79 bits per heavy atom. The Morgan fingerprint density at radius 2 is 1.37 bits per heavy atom. The quantitative estimate of drug-likeness (QED) is 0.913. The Morgan fingerprint density at radius 1 is 0.947 bits per heavy atom. The monoisotopic (exact) mass is 326 g/mol. The van der Waals surface area contributed by atoms with E-state index in [1.165, 1.54) is 36.4 Å². The molecule has 0 saturated carbocycles. The zero-order valence-electron chi connectivity index (χ0n) is 9.61. The van der Waals surface area contributed by atoms with Crippen LogP contribution in [-0.2, 0) is 5.92 Å². The van der Waals surface area contributed by atoms with Crippen LogP contribution in [0.25, 0.3) is 0 Å². The molecule has 0 aliphatic heterocycles. The fourth-order valence-corrected chi connectivity index (χ4v) is 1.91. The van der Waals surface area contributed by atoms with Crippen LogP contribution < -0.4 is 0 Å². The third kappa shape index (κ3) is 2.81. The average Bonchev–Trinajstić information content (AvgIpc) is 2.39. The highest BCUT2D eigenvalue weighted by molar-refractivity contribution is 9.10. The lowest BCUT2D eigenvalue weighted by Crippen LogP contribution is -2.15. The van der Waals surface area contributed by atoms with Crippen molar-refractivity contribution in [1.29, 1.82) is 0 Å². The lowest BCUT2D eigenvalue weighted by atomic mass is 9.99. The normalized spacial score (nSPS) is 11.3. The smallest absolute Gasteiger partial charge is 0.335 e. The lowest BCUT2D eigenvalue weighted by molar-refractivity contribution is 0.0427. The summed E-state index contributed by atoms with van der Waals surface area (Å²) in [6, 6.07) is 10.3. The average molecular weight is 327 g/mol. The van der Waals surface area contributed by atoms with E-state index < -0.39 is 11.9 Å². The molecule has 2 aromatic carbocycles. The first-order chi connectivity index (χ1) is 8.91. The van der Waals surface area contributed by atoms with Crippen molar-refractivity contribution in [3.63, 3.8) is 0 Å². The van der Waals surface area contributed by atoms with Crippen LogP contribution in [-0.4, -0.2) is 11.1 Å². The minimum Gasteiger partial charge on any atom is -0.478 e. The minimum absolute atomic E-state index is 0.0182. The largest absolute Gasteiger partial charge is 0.478 e. The van der Waals surface area contributed by atoms with E-state index in [-0.39, 0.29) is 16.7 Å². The summed E-state index contributed by atoms with van der Waals surface area (Å²) in [6.45, 7) is 0. The van der Waals surface area contributed by atoms with Gasteiger partial charge in [0.25, 0.3) is 5.92 Å². The van der Waals surface area contributed by atoms with Crippen molar-refractivity contribution < 1.29 is 18.7 Å². The molecule has 0 saturated heterocycles. The van der Waals surface area contributed by atoms with Crippen molar-refractivity contribution in [1.82, 2.24) is 0 Å². The predicted octanol–water partition coefficient (Wildman–Crippen LogP) is 4.29. The van der Waals surface area contributed by atoms with Crippen molar-refractivity contribution in [3.8, 4) is 0 Å². The molecule has 5 heteroatoms. The third-order valence-electron chi connectivity index (χ3n) is 2.70. The SMILES string of the molecule is O=C(O)c1ccc(C(F)(F)c2ccc(Br)cc2)cc1. The fraction of sp³-hybridized carbons (Fsp3) is 0.0714. The van der Waals surface area contributed by atoms with E-state index in [9.17, 15) is 13.6 Å². The maximum Gasteiger partial charge on any atom is 0.335 e. The van der Waals surface area contributed by atoms with Gasteiger partial charge in [-0.1, -0.05) is 40.2 Å². The molecule has 0 spiro atoms. The van der Waals surface area contributed by atoms with Gasteiger partial charge in [0, 0.05) is 15.6 Å². The van der Waals surface area contributed by atoms with Crippen molar-refractivity contribution in [2.24, 2.45) is 0 Å². The summed E-state index contributed by atoms with van der Waals surface area (Å²) in [5, 5.41) is 8.73. The van der Waals surface area contributed by atoms with E-state index in [1.54, 1.807) is 0 Å². The van der Waals surface area contributed by atoms with Crippen molar-refractivity contribution >= 4 is 21.9 Å². The maximum absolute atomic E-state index is 14.2. The summed E-state index contributed by atoms with van der Waals surface area (Å²) in [5.74, 6) is -4.30. The van der Waals surface area contributed by atoms with Crippen LogP contribution in [0.3, 0.4) is 0 Å². The molecule has 19 heavy (non-hydrogen) atoms. The summed E-state index contributed by atoms with van der Waals surface area (Å²) in [5.41, 5.74) is -0.394. The summed E-state index contributed by atoms with van der Waals surface area (Å²) in [7, 11) is 0. The molecule has 0 amide bonds. The van der Waals surface area contributed by atoms with Crippen LogP contribution in [0.1, 0.15) is 21.5 Å². The second kappa shape index (κ2) is 5.09. The number of alkyl halides is 2. The summed E-state index contributed by atoms with van der Waals surface area (Å²) in [4.78, 5) is 10.7. The van der Waals surface area contributed by atoms with Gasteiger partial charge in [-0.15, -0.1) is 0 Å². The molecule has 1 N–H and O–H groups in total. The highest BCUT2D eigenvalue weighted by atomic mass is 79.9. The van der Waals surface area contributed by atoms with E-state index in [0.717, 1.165) is 12.1 Å². The second-order valence-corrected chi connectivity index (χ2v) is 4.88. The van der Waals surface area contributed by atoms with Gasteiger partial charge in [0.1, 0.15) is 0 Å². The van der Waals surface area contributed by atoms with Crippen LogP contribution in [0, 0.1) is 0 Å². The number of benzene rings is 2. The number of carbonyl (C=O) groups is 1. The topological polar surface area (TPSA) is 37.3 Å². The molecule has 2 aromatic rings. The number of hydrogen-bond acceptors (Lipinski definition) is 1. The number of carboxylic acid groups (broad SMARTS) is 1. The van der Waals surface area contributed by atoms with Gasteiger partial charge in [-0.2, -0.15) is 8.78 Å². The van der Waals surface area contributed by atoms with E-state index in [0.29, 0.717) is 4.47 Å². The van der Waals surface area contributed by atoms with Crippen molar-refractivity contribution in [2.45, 2.75) is 5.92 Å².